The number of likely N-dealkylation sites (tertiary alicyclic amines) is 2. The van der Waals surface area contributed by atoms with Gasteiger partial charge in [-0.1, -0.05) is 30.3 Å². The van der Waals surface area contributed by atoms with Gasteiger partial charge in [0.05, 0.1) is 18.2 Å². The molecule has 0 saturated carbocycles. The molecule has 1 unspecified atom stereocenters. The Labute approximate surface area is 183 Å². The standard InChI is InChI=1S/C24H32N4O3/c1-18-12-19(2)28(25-18)16-23(31)27-15-21(29)14-24(17-27)8-10-26(11-9-24)22(30)13-20-6-4-3-5-7-20/h3-7,12,21,29H,8-11,13-17H2,1-2H3. The zero-order valence-corrected chi connectivity index (χ0v) is 18.5. The van der Waals surface area contributed by atoms with Crippen molar-refractivity contribution in [2.45, 2.75) is 52.2 Å². The monoisotopic (exact) mass is 424 g/mol. The Bertz CT molecular complexity index is 932. The number of rotatable bonds is 4. The van der Waals surface area contributed by atoms with Crippen molar-refractivity contribution in [1.82, 2.24) is 19.6 Å². The zero-order valence-electron chi connectivity index (χ0n) is 18.5. The van der Waals surface area contributed by atoms with E-state index in [4.69, 9.17) is 0 Å². The molecule has 2 saturated heterocycles. The predicted octanol–water partition coefficient (Wildman–Crippen LogP) is 1.94. The van der Waals surface area contributed by atoms with Crippen LogP contribution in [0.2, 0.25) is 0 Å². The molecular weight excluding hydrogens is 392 g/mol. The highest BCUT2D eigenvalue weighted by molar-refractivity contribution is 5.79. The van der Waals surface area contributed by atoms with Crippen LogP contribution >= 0.6 is 0 Å². The maximum atomic E-state index is 13.0. The van der Waals surface area contributed by atoms with Crippen LogP contribution in [0.5, 0.6) is 0 Å². The van der Waals surface area contributed by atoms with Gasteiger partial charge < -0.3 is 14.9 Å². The molecule has 4 rings (SSSR count). The van der Waals surface area contributed by atoms with Crippen LogP contribution in [-0.4, -0.2) is 68.8 Å². The van der Waals surface area contributed by atoms with Crippen molar-refractivity contribution in [3.63, 3.8) is 0 Å². The van der Waals surface area contributed by atoms with Gasteiger partial charge in [0, 0.05) is 31.9 Å². The highest BCUT2D eigenvalue weighted by atomic mass is 16.3. The van der Waals surface area contributed by atoms with E-state index in [0.29, 0.717) is 39.0 Å². The lowest BCUT2D eigenvalue weighted by Gasteiger charge is -2.49. The number of hydrogen-bond acceptors (Lipinski definition) is 4. The first-order valence-corrected chi connectivity index (χ1v) is 11.1. The van der Waals surface area contributed by atoms with E-state index in [2.05, 4.69) is 5.10 Å². The van der Waals surface area contributed by atoms with Crippen molar-refractivity contribution in [1.29, 1.82) is 0 Å². The number of aliphatic hydroxyl groups excluding tert-OH is 1. The molecule has 2 aromatic rings. The largest absolute Gasteiger partial charge is 0.391 e. The van der Waals surface area contributed by atoms with Gasteiger partial charge in [0.25, 0.3) is 0 Å². The van der Waals surface area contributed by atoms with E-state index in [0.717, 1.165) is 29.8 Å². The van der Waals surface area contributed by atoms with Gasteiger partial charge in [-0.25, -0.2) is 0 Å². The summed E-state index contributed by atoms with van der Waals surface area (Å²) in [7, 11) is 0. The summed E-state index contributed by atoms with van der Waals surface area (Å²) in [6.45, 7) is 6.43. The van der Waals surface area contributed by atoms with E-state index < -0.39 is 6.10 Å². The summed E-state index contributed by atoms with van der Waals surface area (Å²) in [6.07, 6.45) is 2.22. The molecule has 0 radical (unpaired) electrons. The average molecular weight is 425 g/mol. The number of carbonyl (C=O) groups excluding carboxylic acids is 2. The van der Waals surface area contributed by atoms with Gasteiger partial charge in [0.2, 0.25) is 11.8 Å². The topological polar surface area (TPSA) is 78.7 Å². The third-order valence-electron chi connectivity index (χ3n) is 6.74. The SMILES string of the molecule is Cc1cc(C)n(CC(=O)N2CC(O)CC3(CCN(C(=O)Cc4ccccc4)CC3)C2)n1. The van der Waals surface area contributed by atoms with Crippen LogP contribution in [0.25, 0.3) is 0 Å². The molecule has 2 aliphatic heterocycles. The number of amides is 2. The van der Waals surface area contributed by atoms with Gasteiger partial charge in [-0.05, 0) is 50.2 Å². The van der Waals surface area contributed by atoms with E-state index in [9.17, 15) is 14.7 Å². The van der Waals surface area contributed by atoms with Crippen molar-refractivity contribution in [2.75, 3.05) is 26.2 Å². The van der Waals surface area contributed by atoms with E-state index in [-0.39, 0.29) is 23.8 Å². The lowest BCUT2D eigenvalue weighted by Crippen LogP contribution is -2.56. The van der Waals surface area contributed by atoms with Crippen molar-refractivity contribution >= 4 is 11.8 Å². The van der Waals surface area contributed by atoms with Crippen LogP contribution < -0.4 is 0 Å². The zero-order chi connectivity index (χ0) is 22.0. The second kappa shape index (κ2) is 8.83. The number of carbonyl (C=O) groups is 2. The Morgan fingerprint density at radius 3 is 2.45 bits per heavy atom. The first-order valence-electron chi connectivity index (χ1n) is 11.1. The molecule has 3 heterocycles. The fourth-order valence-corrected chi connectivity index (χ4v) is 5.08. The molecule has 1 atom stereocenters. The summed E-state index contributed by atoms with van der Waals surface area (Å²) in [5.74, 6) is 0.141. The quantitative estimate of drug-likeness (QED) is 0.814. The molecule has 31 heavy (non-hydrogen) atoms. The molecule has 7 heteroatoms. The summed E-state index contributed by atoms with van der Waals surface area (Å²) in [5.41, 5.74) is 2.77. The number of aliphatic hydroxyl groups is 1. The maximum Gasteiger partial charge on any atom is 0.244 e. The fraction of sp³-hybridized carbons (Fsp3) is 0.542. The summed E-state index contributed by atoms with van der Waals surface area (Å²) >= 11 is 0. The molecule has 1 aromatic heterocycles. The van der Waals surface area contributed by atoms with Crippen LogP contribution in [0.15, 0.2) is 36.4 Å². The van der Waals surface area contributed by atoms with Gasteiger partial charge in [-0.2, -0.15) is 5.10 Å². The van der Waals surface area contributed by atoms with E-state index in [1.165, 1.54) is 0 Å². The molecule has 2 amide bonds. The molecular formula is C24H32N4O3. The average Bonchev–Trinajstić information content (AvgIpc) is 3.05. The van der Waals surface area contributed by atoms with Gasteiger partial charge in [0.1, 0.15) is 6.54 Å². The molecule has 1 spiro atoms. The first kappa shape index (κ1) is 21.6. The number of piperidine rings is 2. The van der Waals surface area contributed by atoms with Gasteiger partial charge in [0.15, 0.2) is 0 Å². The minimum Gasteiger partial charge on any atom is -0.391 e. The molecule has 0 aliphatic carbocycles. The summed E-state index contributed by atoms with van der Waals surface area (Å²) in [5, 5.41) is 14.9. The van der Waals surface area contributed by atoms with Crippen molar-refractivity contribution in [2.24, 2.45) is 5.41 Å². The van der Waals surface area contributed by atoms with Crippen LogP contribution in [0.3, 0.4) is 0 Å². The third kappa shape index (κ3) is 4.98. The van der Waals surface area contributed by atoms with Crippen LogP contribution in [0, 0.1) is 19.3 Å². The van der Waals surface area contributed by atoms with Crippen LogP contribution in [0.4, 0.5) is 0 Å². The lowest BCUT2D eigenvalue weighted by atomic mass is 9.71. The van der Waals surface area contributed by atoms with Crippen LogP contribution in [-0.2, 0) is 22.6 Å². The number of aryl methyl sites for hydroxylation is 2. The fourth-order valence-electron chi connectivity index (χ4n) is 5.08. The Morgan fingerprint density at radius 1 is 1.10 bits per heavy atom. The maximum absolute atomic E-state index is 13.0. The smallest absolute Gasteiger partial charge is 0.244 e. The lowest BCUT2D eigenvalue weighted by molar-refractivity contribution is -0.144. The first-order chi connectivity index (χ1) is 14.8. The summed E-state index contributed by atoms with van der Waals surface area (Å²) < 4.78 is 1.73. The summed E-state index contributed by atoms with van der Waals surface area (Å²) in [6, 6.07) is 11.8. The van der Waals surface area contributed by atoms with Gasteiger partial charge in [-0.15, -0.1) is 0 Å². The molecule has 2 fully saturated rings. The normalized spacial score (nSPS) is 20.8. The Balaban J connectivity index is 1.36. The molecule has 1 N–H and O–H groups in total. The van der Waals surface area contributed by atoms with Crippen molar-refractivity contribution in [3.8, 4) is 0 Å². The van der Waals surface area contributed by atoms with Crippen molar-refractivity contribution in [3.05, 3.63) is 53.3 Å². The van der Waals surface area contributed by atoms with E-state index >= 15 is 0 Å². The highest BCUT2D eigenvalue weighted by Crippen LogP contribution is 2.40. The number of aromatic nitrogens is 2. The van der Waals surface area contributed by atoms with E-state index in [1.54, 1.807) is 9.58 Å². The molecule has 2 aliphatic rings. The van der Waals surface area contributed by atoms with E-state index in [1.807, 2.05) is 55.1 Å². The second-order valence-corrected chi connectivity index (χ2v) is 9.26. The van der Waals surface area contributed by atoms with Crippen LogP contribution in [0.1, 0.15) is 36.2 Å². The summed E-state index contributed by atoms with van der Waals surface area (Å²) in [4.78, 5) is 29.4. The minimum atomic E-state index is -0.523. The van der Waals surface area contributed by atoms with Gasteiger partial charge >= 0.3 is 0 Å². The molecule has 0 bridgehead atoms. The number of benzene rings is 1. The highest BCUT2D eigenvalue weighted by Gasteiger charge is 2.43. The number of nitrogens with zero attached hydrogens (tertiary/aromatic N) is 4. The van der Waals surface area contributed by atoms with Crippen molar-refractivity contribution < 1.29 is 14.7 Å². The minimum absolute atomic E-state index is 0.00749. The Morgan fingerprint density at radius 2 is 1.81 bits per heavy atom. The number of β-amino-alcohol motifs (C(OH)–C–C–N with tert-alkyl or cyclic N) is 1. The molecule has 166 valence electrons. The second-order valence-electron chi connectivity index (χ2n) is 9.26. The third-order valence-corrected chi connectivity index (χ3v) is 6.74. The number of hydrogen-bond donors (Lipinski definition) is 1. The predicted molar refractivity (Wildman–Crippen MR) is 117 cm³/mol. The molecule has 7 nitrogen and oxygen atoms in total. The Kier molecular flexibility index (Phi) is 6.14. The molecule has 1 aromatic carbocycles. The Hall–Kier alpha value is -2.67. The van der Waals surface area contributed by atoms with Gasteiger partial charge in [-0.3, -0.25) is 14.3 Å².